The van der Waals surface area contributed by atoms with Gasteiger partial charge in [-0.25, -0.2) is 0 Å². The smallest absolute Gasteiger partial charge is 0.147 e. The van der Waals surface area contributed by atoms with E-state index in [0.717, 1.165) is 7.35 Å². The molecular formula is C24H28Cl2Hf. The average molecular weight is 566 g/mol. The second kappa shape index (κ2) is 7.32. The van der Waals surface area contributed by atoms with E-state index < -0.39 is 20.0 Å². The predicted octanol–water partition coefficient (Wildman–Crippen LogP) is 7.77. The van der Waals surface area contributed by atoms with E-state index in [1.54, 1.807) is 41.8 Å². The number of hydrogen-bond donors (Lipinski definition) is 0. The van der Waals surface area contributed by atoms with Crippen LogP contribution in [0.1, 0.15) is 54.6 Å². The fourth-order valence-corrected chi connectivity index (χ4v) is 34.1. The zero-order valence-electron chi connectivity index (χ0n) is 16.5. The minimum Gasteiger partial charge on any atom is -0.147 e. The van der Waals surface area contributed by atoms with E-state index >= 15 is 0 Å². The molecule has 27 heavy (non-hydrogen) atoms. The van der Waals surface area contributed by atoms with Gasteiger partial charge >= 0.3 is 156 Å². The van der Waals surface area contributed by atoms with Crippen molar-refractivity contribution >= 4 is 37.0 Å². The van der Waals surface area contributed by atoms with Crippen molar-refractivity contribution < 1.29 is 20.0 Å². The van der Waals surface area contributed by atoms with Crippen molar-refractivity contribution in [3.05, 3.63) is 80.9 Å². The summed E-state index contributed by atoms with van der Waals surface area (Å²) in [5.74, 6) is 0. The standard InChI is InChI=1S/2C11H11.C2H4.2ClH.Hf/c2*1-8-6-10-5-3-4-9(2)11(10)7-8;1-2;;;/h2*3-7H,1-2H3;1-2H2;2*1H;. The van der Waals surface area contributed by atoms with Gasteiger partial charge < -0.3 is 0 Å². The molecule has 0 aromatic heterocycles. The molecule has 2 aromatic carbocycles. The van der Waals surface area contributed by atoms with Crippen LogP contribution in [0.2, 0.25) is 8.35 Å². The fourth-order valence-electron chi connectivity index (χ4n) is 5.83. The SMILES string of the molecule is CC1=Cc2c(C)cccc2[CH]1[Hf]1([CH]2C(C)=Cc3c(C)cccc32)[CH2][CH2]1.Cl.Cl. The molecule has 3 heteroatoms. The molecule has 1 aliphatic heterocycles. The zero-order valence-corrected chi connectivity index (χ0v) is 21.7. The summed E-state index contributed by atoms with van der Waals surface area (Å²) < 4.78 is 4.75. The molecule has 1 heterocycles. The number of halogens is 2. The van der Waals surface area contributed by atoms with E-state index in [-0.39, 0.29) is 24.8 Å². The molecular weight excluding hydrogens is 538 g/mol. The van der Waals surface area contributed by atoms with Crippen molar-refractivity contribution in [1.29, 1.82) is 0 Å². The molecule has 0 radical (unpaired) electrons. The van der Waals surface area contributed by atoms with Crippen molar-refractivity contribution in [3.63, 3.8) is 0 Å². The second-order valence-corrected chi connectivity index (χ2v) is 25.1. The molecule has 0 N–H and O–H groups in total. The molecule has 0 bridgehead atoms. The number of allylic oxidation sites excluding steroid dienone is 2. The van der Waals surface area contributed by atoms with Crippen molar-refractivity contribution in [1.82, 2.24) is 0 Å². The largest absolute Gasteiger partial charge is 0.147 e. The van der Waals surface area contributed by atoms with Crippen molar-refractivity contribution in [2.24, 2.45) is 0 Å². The van der Waals surface area contributed by atoms with Gasteiger partial charge in [0.2, 0.25) is 0 Å². The fraction of sp³-hybridized carbons (Fsp3) is 0.333. The Hall–Kier alpha value is -0.630. The van der Waals surface area contributed by atoms with E-state index in [9.17, 15) is 0 Å². The zero-order chi connectivity index (χ0) is 17.3. The van der Waals surface area contributed by atoms with Crippen LogP contribution >= 0.6 is 24.8 Å². The van der Waals surface area contributed by atoms with E-state index in [4.69, 9.17) is 0 Å². The van der Waals surface area contributed by atoms with Crippen LogP contribution in [0, 0.1) is 13.8 Å². The number of hydrogen-bond acceptors (Lipinski definition) is 0. The van der Waals surface area contributed by atoms with E-state index in [0.29, 0.717) is 0 Å². The summed E-state index contributed by atoms with van der Waals surface area (Å²) >= 11 is -2.47. The third-order valence-electron chi connectivity index (χ3n) is 6.97. The van der Waals surface area contributed by atoms with Crippen LogP contribution in [0.3, 0.4) is 0 Å². The summed E-state index contributed by atoms with van der Waals surface area (Å²) in [4.78, 5) is 0. The van der Waals surface area contributed by atoms with Crippen LogP contribution in [-0.4, -0.2) is 0 Å². The first-order valence-electron chi connectivity index (χ1n) is 9.58. The van der Waals surface area contributed by atoms with E-state index in [1.807, 2.05) is 0 Å². The van der Waals surface area contributed by atoms with Gasteiger partial charge in [0.1, 0.15) is 0 Å². The Kier molecular flexibility index (Phi) is 5.72. The summed E-state index contributed by atoms with van der Waals surface area (Å²) in [5, 5.41) is 0. The molecule has 2 aromatic rings. The molecule has 2 unspecified atom stereocenters. The van der Waals surface area contributed by atoms with Crippen molar-refractivity contribution in [2.75, 3.05) is 0 Å². The molecule has 142 valence electrons. The van der Waals surface area contributed by atoms with Gasteiger partial charge in [0.15, 0.2) is 0 Å². The number of fused-ring (bicyclic) bond motifs is 2. The molecule has 5 rings (SSSR count). The third-order valence-corrected chi connectivity index (χ3v) is 26.7. The van der Waals surface area contributed by atoms with Gasteiger partial charge in [0.25, 0.3) is 0 Å². The van der Waals surface area contributed by atoms with Gasteiger partial charge in [0.05, 0.1) is 0 Å². The Morgan fingerprint density at radius 1 is 0.667 bits per heavy atom. The topological polar surface area (TPSA) is 0 Å². The molecule has 0 spiro atoms. The van der Waals surface area contributed by atoms with Crippen LogP contribution in [0.15, 0.2) is 47.5 Å². The normalized spacial score (nSPS) is 23.4. The number of aryl methyl sites for hydroxylation is 2. The maximum Gasteiger partial charge on any atom is -0.147 e. The number of benzene rings is 2. The maximum absolute atomic E-state index is 2.51. The second-order valence-electron chi connectivity index (χ2n) is 8.53. The first-order valence-corrected chi connectivity index (χ1v) is 18.8. The van der Waals surface area contributed by atoms with Gasteiger partial charge in [-0.15, -0.1) is 24.8 Å². The number of rotatable bonds is 2. The van der Waals surface area contributed by atoms with E-state index in [2.05, 4.69) is 76.2 Å². The minimum atomic E-state index is -2.47. The maximum atomic E-state index is 2.51. The molecule has 0 nitrogen and oxygen atoms in total. The van der Waals surface area contributed by atoms with Gasteiger partial charge in [0, 0.05) is 0 Å². The first-order chi connectivity index (χ1) is 12.0. The molecule has 2 atom stereocenters. The van der Waals surface area contributed by atoms with E-state index in [1.165, 1.54) is 11.1 Å². The van der Waals surface area contributed by atoms with Crippen molar-refractivity contribution in [3.8, 4) is 0 Å². The van der Waals surface area contributed by atoms with Gasteiger partial charge in [-0.2, -0.15) is 0 Å². The third kappa shape index (κ3) is 2.96. The summed E-state index contributed by atoms with van der Waals surface area (Å²) in [6, 6.07) is 14.0. The van der Waals surface area contributed by atoms with Crippen LogP contribution in [-0.2, 0) is 20.0 Å². The minimum absolute atomic E-state index is 0. The molecule has 0 saturated carbocycles. The monoisotopic (exact) mass is 566 g/mol. The Bertz CT molecular complexity index is 891. The summed E-state index contributed by atoms with van der Waals surface area (Å²) in [6.45, 7) is 9.38. The predicted molar refractivity (Wildman–Crippen MR) is 119 cm³/mol. The van der Waals surface area contributed by atoms with Gasteiger partial charge in [-0.05, 0) is 0 Å². The summed E-state index contributed by atoms with van der Waals surface area (Å²) in [7, 11) is 0. The summed E-state index contributed by atoms with van der Waals surface area (Å²) in [5.41, 5.74) is 12.7. The molecule has 1 saturated heterocycles. The molecule has 2 aliphatic carbocycles. The Morgan fingerprint density at radius 2 is 1.07 bits per heavy atom. The van der Waals surface area contributed by atoms with Gasteiger partial charge in [-0.1, -0.05) is 0 Å². The Labute approximate surface area is 180 Å². The quantitative estimate of drug-likeness (QED) is 0.326. The Balaban J connectivity index is 0.00000105. The van der Waals surface area contributed by atoms with Crippen LogP contribution in [0.25, 0.3) is 12.2 Å². The van der Waals surface area contributed by atoms with Crippen molar-refractivity contribution in [2.45, 2.75) is 43.4 Å². The molecule has 3 aliphatic rings. The first kappa shape index (κ1) is 21.1. The van der Waals surface area contributed by atoms with Crippen LogP contribution < -0.4 is 0 Å². The van der Waals surface area contributed by atoms with Crippen LogP contribution in [0.5, 0.6) is 0 Å². The van der Waals surface area contributed by atoms with Gasteiger partial charge in [-0.3, -0.25) is 0 Å². The average Bonchev–Trinajstić information content (AvgIpc) is 3.15. The van der Waals surface area contributed by atoms with Crippen LogP contribution in [0.4, 0.5) is 0 Å². The summed E-state index contributed by atoms with van der Waals surface area (Å²) in [6.07, 6.45) is 5.03. The molecule has 0 amide bonds. The Morgan fingerprint density at radius 3 is 1.44 bits per heavy atom. The molecule has 1 fully saturated rings.